The number of aromatic nitrogens is 1. The van der Waals surface area contributed by atoms with E-state index in [1.807, 2.05) is 7.05 Å². The highest BCUT2D eigenvalue weighted by Crippen LogP contribution is 2.32. The minimum atomic E-state index is -4.45. The van der Waals surface area contributed by atoms with Gasteiger partial charge < -0.3 is 15.5 Å². The molecule has 2 rings (SSSR count). The van der Waals surface area contributed by atoms with Crippen molar-refractivity contribution in [3.63, 3.8) is 0 Å². The van der Waals surface area contributed by atoms with Crippen LogP contribution in [0.5, 0.6) is 0 Å². The summed E-state index contributed by atoms with van der Waals surface area (Å²) in [5, 5.41) is 0. The zero-order chi connectivity index (χ0) is 14.9. The first-order chi connectivity index (χ1) is 9.27. The van der Waals surface area contributed by atoms with Crippen LogP contribution in [0.1, 0.15) is 12.1 Å². The van der Waals surface area contributed by atoms with Gasteiger partial charge in [0.05, 0.1) is 17.6 Å². The summed E-state index contributed by atoms with van der Waals surface area (Å²) in [7, 11) is 3.81. The Balaban J connectivity index is 2.14. The molecule has 1 aromatic rings. The van der Waals surface area contributed by atoms with Crippen molar-refractivity contribution in [1.82, 2.24) is 9.88 Å². The van der Waals surface area contributed by atoms with E-state index in [4.69, 9.17) is 5.73 Å². The van der Waals surface area contributed by atoms with Gasteiger partial charge >= 0.3 is 6.18 Å². The Morgan fingerprint density at radius 2 is 2.20 bits per heavy atom. The molecule has 1 atom stereocenters. The molecule has 0 spiro atoms. The van der Waals surface area contributed by atoms with E-state index < -0.39 is 11.9 Å². The highest BCUT2D eigenvalue weighted by atomic mass is 19.4. The van der Waals surface area contributed by atoms with Crippen molar-refractivity contribution in [3.8, 4) is 0 Å². The lowest BCUT2D eigenvalue weighted by atomic mass is 10.1. The number of likely N-dealkylation sites (tertiary alicyclic amines) is 1. The highest BCUT2D eigenvalue weighted by molar-refractivity contribution is 5.66. The van der Waals surface area contributed by atoms with E-state index >= 15 is 0 Å². The van der Waals surface area contributed by atoms with Crippen molar-refractivity contribution < 1.29 is 13.2 Å². The molecule has 0 aromatic carbocycles. The number of nitrogens with two attached hydrogens (primary N) is 1. The number of alkyl halides is 3. The molecule has 112 valence electrons. The number of nitrogen functional groups attached to an aromatic ring is 1. The minimum Gasteiger partial charge on any atom is -0.396 e. The van der Waals surface area contributed by atoms with Gasteiger partial charge in [0.25, 0.3) is 0 Å². The van der Waals surface area contributed by atoms with Gasteiger partial charge in [-0.2, -0.15) is 13.2 Å². The van der Waals surface area contributed by atoms with Crippen LogP contribution in [-0.4, -0.2) is 43.6 Å². The number of nitrogens with zero attached hydrogens (tertiary/aromatic N) is 3. The van der Waals surface area contributed by atoms with E-state index in [2.05, 4.69) is 9.88 Å². The first-order valence-corrected chi connectivity index (χ1v) is 6.49. The summed E-state index contributed by atoms with van der Waals surface area (Å²) in [5.74, 6) is 0.451. The standard InChI is InChI=1S/C13H19F3N4/c1-19-4-3-9(7-19)8-20(2)11-5-12(13(14,15)16)18-6-10(11)17/h5-6,9H,3-4,7-8,17H2,1-2H3. The summed E-state index contributed by atoms with van der Waals surface area (Å²) in [6.07, 6.45) is -2.32. The molecule has 0 bridgehead atoms. The van der Waals surface area contributed by atoms with Crippen molar-refractivity contribution in [3.05, 3.63) is 18.0 Å². The predicted octanol–water partition coefficient (Wildman–Crippen LogP) is 2.07. The number of anilines is 2. The molecule has 1 saturated heterocycles. The van der Waals surface area contributed by atoms with Crippen LogP contribution in [0.2, 0.25) is 0 Å². The predicted molar refractivity (Wildman–Crippen MR) is 72.5 cm³/mol. The summed E-state index contributed by atoms with van der Waals surface area (Å²) < 4.78 is 38.1. The minimum absolute atomic E-state index is 0.270. The maximum absolute atomic E-state index is 12.7. The lowest BCUT2D eigenvalue weighted by Crippen LogP contribution is -2.28. The van der Waals surface area contributed by atoms with Gasteiger partial charge in [-0.15, -0.1) is 0 Å². The molecule has 1 aliphatic rings. The second-order valence-electron chi connectivity index (χ2n) is 5.42. The molecule has 1 aliphatic heterocycles. The fraction of sp³-hybridized carbons (Fsp3) is 0.615. The SMILES string of the molecule is CN1CCC(CN(C)c2cc(C(F)(F)F)ncc2N)C1. The molecule has 1 fully saturated rings. The lowest BCUT2D eigenvalue weighted by molar-refractivity contribution is -0.141. The molecule has 0 aliphatic carbocycles. The Morgan fingerprint density at radius 3 is 2.75 bits per heavy atom. The van der Waals surface area contributed by atoms with Crippen molar-refractivity contribution in [2.45, 2.75) is 12.6 Å². The molecule has 7 heteroatoms. The molecule has 1 aromatic heterocycles. The highest BCUT2D eigenvalue weighted by Gasteiger charge is 2.33. The number of hydrogen-bond acceptors (Lipinski definition) is 4. The van der Waals surface area contributed by atoms with Crippen LogP contribution in [0.4, 0.5) is 24.5 Å². The topological polar surface area (TPSA) is 45.4 Å². The average molecular weight is 288 g/mol. The number of rotatable bonds is 3. The lowest BCUT2D eigenvalue weighted by Gasteiger charge is -2.25. The second-order valence-corrected chi connectivity index (χ2v) is 5.42. The Bertz CT molecular complexity index is 475. The zero-order valence-corrected chi connectivity index (χ0v) is 11.6. The average Bonchev–Trinajstić information content (AvgIpc) is 2.73. The first-order valence-electron chi connectivity index (χ1n) is 6.49. The Kier molecular flexibility index (Phi) is 4.08. The van der Waals surface area contributed by atoms with E-state index in [1.54, 1.807) is 11.9 Å². The number of pyridine rings is 1. The van der Waals surface area contributed by atoms with Gasteiger partial charge in [-0.05, 0) is 32.0 Å². The van der Waals surface area contributed by atoms with Crippen molar-refractivity contribution in [1.29, 1.82) is 0 Å². The van der Waals surface area contributed by atoms with Gasteiger partial charge in [-0.3, -0.25) is 0 Å². The third kappa shape index (κ3) is 3.33. The second kappa shape index (κ2) is 5.47. The van der Waals surface area contributed by atoms with E-state index in [0.717, 1.165) is 31.8 Å². The molecular formula is C13H19F3N4. The monoisotopic (exact) mass is 288 g/mol. The fourth-order valence-electron chi connectivity index (χ4n) is 2.60. The summed E-state index contributed by atoms with van der Waals surface area (Å²) in [4.78, 5) is 7.36. The van der Waals surface area contributed by atoms with Crippen molar-refractivity contribution in [2.75, 3.05) is 44.4 Å². The van der Waals surface area contributed by atoms with E-state index in [1.165, 1.54) is 0 Å². The van der Waals surface area contributed by atoms with Crippen LogP contribution in [-0.2, 0) is 6.18 Å². The third-order valence-electron chi connectivity index (χ3n) is 3.63. The number of halogens is 3. The van der Waals surface area contributed by atoms with Gasteiger partial charge in [-0.1, -0.05) is 0 Å². The summed E-state index contributed by atoms with van der Waals surface area (Å²) >= 11 is 0. The third-order valence-corrected chi connectivity index (χ3v) is 3.63. The van der Waals surface area contributed by atoms with Crippen LogP contribution >= 0.6 is 0 Å². The van der Waals surface area contributed by atoms with Crippen LogP contribution < -0.4 is 10.6 Å². The van der Waals surface area contributed by atoms with Gasteiger partial charge in [0.15, 0.2) is 0 Å². The van der Waals surface area contributed by atoms with Gasteiger partial charge in [-0.25, -0.2) is 4.98 Å². The number of hydrogen-bond donors (Lipinski definition) is 1. The fourth-order valence-corrected chi connectivity index (χ4v) is 2.60. The zero-order valence-electron chi connectivity index (χ0n) is 11.6. The van der Waals surface area contributed by atoms with Gasteiger partial charge in [0, 0.05) is 20.1 Å². The van der Waals surface area contributed by atoms with E-state index in [0.29, 0.717) is 18.2 Å². The summed E-state index contributed by atoms with van der Waals surface area (Å²) in [5.41, 5.74) is 5.51. The molecule has 1 unspecified atom stereocenters. The smallest absolute Gasteiger partial charge is 0.396 e. The van der Waals surface area contributed by atoms with Crippen LogP contribution in [0.3, 0.4) is 0 Å². The van der Waals surface area contributed by atoms with E-state index in [9.17, 15) is 13.2 Å². The Labute approximate surface area is 116 Å². The molecule has 0 amide bonds. The molecular weight excluding hydrogens is 269 g/mol. The largest absolute Gasteiger partial charge is 0.433 e. The van der Waals surface area contributed by atoms with Crippen molar-refractivity contribution >= 4 is 11.4 Å². The van der Waals surface area contributed by atoms with Crippen LogP contribution in [0.25, 0.3) is 0 Å². The Hall–Kier alpha value is -1.50. The molecule has 20 heavy (non-hydrogen) atoms. The molecule has 4 nitrogen and oxygen atoms in total. The first kappa shape index (κ1) is 14.9. The van der Waals surface area contributed by atoms with Crippen molar-refractivity contribution in [2.24, 2.45) is 5.92 Å². The van der Waals surface area contributed by atoms with Crippen LogP contribution in [0.15, 0.2) is 12.3 Å². The normalized spacial score (nSPS) is 20.4. The molecule has 0 radical (unpaired) electrons. The van der Waals surface area contributed by atoms with E-state index in [-0.39, 0.29) is 5.69 Å². The van der Waals surface area contributed by atoms with Gasteiger partial charge in [0.1, 0.15) is 5.69 Å². The molecule has 2 N–H and O–H groups in total. The summed E-state index contributed by atoms with van der Waals surface area (Å²) in [6.45, 7) is 2.68. The summed E-state index contributed by atoms with van der Waals surface area (Å²) in [6, 6.07) is 1.02. The maximum atomic E-state index is 12.7. The molecule has 2 heterocycles. The van der Waals surface area contributed by atoms with Gasteiger partial charge in [0.2, 0.25) is 0 Å². The Morgan fingerprint density at radius 1 is 1.50 bits per heavy atom. The van der Waals surface area contributed by atoms with Crippen LogP contribution in [0, 0.1) is 5.92 Å². The quantitative estimate of drug-likeness (QED) is 0.925. The molecule has 0 saturated carbocycles. The maximum Gasteiger partial charge on any atom is 0.433 e.